The zero-order chi connectivity index (χ0) is 11.4. The number of hydrogen-bond donors (Lipinski definition) is 2. The lowest BCUT2D eigenvalue weighted by molar-refractivity contribution is 0.229. The molecular formula is C12H21N3S. The van der Waals surface area contributed by atoms with Crippen molar-refractivity contribution in [2.24, 2.45) is 5.73 Å². The van der Waals surface area contributed by atoms with Crippen LogP contribution in [0.3, 0.4) is 0 Å². The minimum Gasteiger partial charge on any atom is -0.325 e. The molecule has 2 rings (SSSR count). The van der Waals surface area contributed by atoms with Crippen LogP contribution < -0.4 is 11.1 Å². The second-order valence-corrected chi connectivity index (χ2v) is 5.92. The molecule has 1 aliphatic rings. The van der Waals surface area contributed by atoms with Gasteiger partial charge < -0.3 is 11.1 Å². The third-order valence-electron chi connectivity index (χ3n) is 3.38. The minimum atomic E-state index is 0.143. The van der Waals surface area contributed by atoms with E-state index in [2.05, 4.69) is 17.2 Å². The first kappa shape index (κ1) is 12.0. The lowest BCUT2D eigenvalue weighted by atomic mass is 9.75. The number of hydrogen-bond acceptors (Lipinski definition) is 4. The standard InChI is InChI=1S/C12H21N3S/c1-2-10-8-15-11(16-10)9-14-7-6-12(13)4-3-5-12/h8,14H,2-7,9,13H2,1H3. The van der Waals surface area contributed by atoms with Crippen molar-refractivity contribution in [3.8, 4) is 0 Å². The number of rotatable bonds is 6. The predicted molar refractivity (Wildman–Crippen MR) is 68.6 cm³/mol. The van der Waals surface area contributed by atoms with E-state index in [9.17, 15) is 0 Å². The number of aromatic nitrogens is 1. The molecule has 1 fully saturated rings. The van der Waals surface area contributed by atoms with Crippen LogP contribution in [-0.2, 0) is 13.0 Å². The van der Waals surface area contributed by atoms with Gasteiger partial charge in [0.05, 0.1) is 0 Å². The molecule has 1 heterocycles. The van der Waals surface area contributed by atoms with Gasteiger partial charge >= 0.3 is 0 Å². The molecule has 0 amide bonds. The molecule has 1 aromatic heterocycles. The fourth-order valence-electron chi connectivity index (χ4n) is 2.01. The molecule has 3 nitrogen and oxygen atoms in total. The lowest BCUT2D eigenvalue weighted by Crippen LogP contribution is -2.48. The Hall–Kier alpha value is -0.450. The molecule has 0 saturated heterocycles. The lowest BCUT2D eigenvalue weighted by Gasteiger charge is -2.38. The first-order valence-corrected chi connectivity index (χ1v) is 6.97. The molecule has 0 radical (unpaired) electrons. The van der Waals surface area contributed by atoms with Gasteiger partial charge in [-0.05, 0) is 38.6 Å². The van der Waals surface area contributed by atoms with Crippen molar-refractivity contribution in [1.29, 1.82) is 0 Å². The molecule has 90 valence electrons. The fraction of sp³-hybridized carbons (Fsp3) is 0.750. The van der Waals surface area contributed by atoms with Gasteiger partial charge in [-0.3, -0.25) is 0 Å². The van der Waals surface area contributed by atoms with Crippen LogP contribution in [0, 0.1) is 0 Å². The molecular weight excluding hydrogens is 218 g/mol. The van der Waals surface area contributed by atoms with E-state index in [1.54, 1.807) is 11.3 Å². The Morgan fingerprint density at radius 3 is 2.94 bits per heavy atom. The second kappa shape index (κ2) is 5.25. The Labute approximate surface area is 101 Å². The van der Waals surface area contributed by atoms with Crippen molar-refractivity contribution >= 4 is 11.3 Å². The molecule has 1 aliphatic carbocycles. The normalized spacial score (nSPS) is 18.4. The average Bonchev–Trinajstić information content (AvgIpc) is 2.70. The molecule has 0 bridgehead atoms. The van der Waals surface area contributed by atoms with E-state index in [-0.39, 0.29) is 5.54 Å². The van der Waals surface area contributed by atoms with E-state index in [0.717, 1.165) is 25.9 Å². The molecule has 1 saturated carbocycles. The minimum absolute atomic E-state index is 0.143. The molecule has 16 heavy (non-hydrogen) atoms. The summed E-state index contributed by atoms with van der Waals surface area (Å²) in [7, 11) is 0. The molecule has 0 aliphatic heterocycles. The van der Waals surface area contributed by atoms with Crippen LogP contribution in [0.2, 0.25) is 0 Å². The van der Waals surface area contributed by atoms with E-state index >= 15 is 0 Å². The zero-order valence-corrected chi connectivity index (χ0v) is 10.8. The summed E-state index contributed by atoms with van der Waals surface area (Å²) in [5.74, 6) is 0. The third kappa shape index (κ3) is 3.03. The van der Waals surface area contributed by atoms with Crippen molar-refractivity contribution in [1.82, 2.24) is 10.3 Å². The first-order chi connectivity index (χ1) is 7.72. The van der Waals surface area contributed by atoms with Crippen molar-refractivity contribution in [2.75, 3.05) is 6.54 Å². The van der Waals surface area contributed by atoms with Crippen LogP contribution in [0.25, 0.3) is 0 Å². The number of nitrogens with one attached hydrogen (secondary N) is 1. The van der Waals surface area contributed by atoms with Crippen LogP contribution in [0.4, 0.5) is 0 Å². The summed E-state index contributed by atoms with van der Waals surface area (Å²) in [4.78, 5) is 5.75. The summed E-state index contributed by atoms with van der Waals surface area (Å²) in [6.07, 6.45) is 7.88. The largest absolute Gasteiger partial charge is 0.325 e. The van der Waals surface area contributed by atoms with Gasteiger partial charge in [0.25, 0.3) is 0 Å². The highest BCUT2D eigenvalue weighted by Gasteiger charge is 2.31. The molecule has 0 unspecified atom stereocenters. The van der Waals surface area contributed by atoms with Gasteiger partial charge in [0.15, 0.2) is 0 Å². The summed E-state index contributed by atoms with van der Waals surface area (Å²) in [6.45, 7) is 4.07. The Morgan fingerprint density at radius 1 is 1.56 bits per heavy atom. The number of thiazole rings is 1. The molecule has 0 atom stereocenters. The van der Waals surface area contributed by atoms with E-state index in [0.29, 0.717) is 0 Å². The van der Waals surface area contributed by atoms with Gasteiger partial charge in [0.2, 0.25) is 0 Å². The maximum Gasteiger partial charge on any atom is 0.107 e. The van der Waals surface area contributed by atoms with Crippen LogP contribution in [-0.4, -0.2) is 17.1 Å². The summed E-state index contributed by atoms with van der Waals surface area (Å²) >= 11 is 1.81. The topological polar surface area (TPSA) is 50.9 Å². The van der Waals surface area contributed by atoms with Gasteiger partial charge in [0, 0.05) is 23.2 Å². The summed E-state index contributed by atoms with van der Waals surface area (Å²) in [6, 6.07) is 0. The maximum atomic E-state index is 6.15. The van der Waals surface area contributed by atoms with Crippen molar-refractivity contribution in [3.05, 3.63) is 16.1 Å². The van der Waals surface area contributed by atoms with E-state index in [4.69, 9.17) is 5.73 Å². The van der Waals surface area contributed by atoms with Crippen LogP contribution >= 0.6 is 11.3 Å². The Morgan fingerprint density at radius 2 is 2.38 bits per heavy atom. The molecule has 4 heteroatoms. The highest BCUT2D eigenvalue weighted by atomic mass is 32.1. The van der Waals surface area contributed by atoms with E-state index in [1.807, 2.05) is 6.20 Å². The monoisotopic (exact) mass is 239 g/mol. The maximum absolute atomic E-state index is 6.15. The first-order valence-electron chi connectivity index (χ1n) is 6.15. The predicted octanol–water partition coefficient (Wildman–Crippen LogP) is 2.07. The fourth-order valence-corrected chi connectivity index (χ4v) is 2.84. The van der Waals surface area contributed by atoms with Crippen LogP contribution in [0.15, 0.2) is 6.20 Å². The SMILES string of the molecule is CCc1cnc(CNCCC2(N)CCC2)s1. The average molecular weight is 239 g/mol. The summed E-state index contributed by atoms with van der Waals surface area (Å²) < 4.78 is 0. The van der Waals surface area contributed by atoms with E-state index in [1.165, 1.54) is 29.1 Å². The summed E-state index contributed by atoms with van der Waals surface area (Å²) in [5, 5.41) is 4.62. The molecule has 1 aromatic rings. The van der Waals surface area contributed by atoms with Crippen LogP contribution in [0.5, 0.6) is 0 Å². The Balaban J connectivity index is 1.64. The van der Waals surface area contributed by atoms with Crippen molar-refractivity contribution in [3.63, 3.8) is 0 Å². The number of nitrogens with zero attached hydrogens (tertiary/aromatic N) is 1. The smallest absolute Gasteiger partial charge is 0.107 e. The van der Waals surface area contributed by atoms with Gasteiger partial charge in [-0.15, -0.1) is 11.3 Å². The number of aryl methyl sites for hydroxylation is 1. The quantitative estimate of drug-likeness (QED) is 0.747. The van der Waals surface area contributed by atoms with Crippen molar-refractivity contribution in [2.45, 2.75) is 51.1 Å². The molecule has 3 N–H and O–H groups in total. The van der Waals surface area contributed by atoms with Crippen molar-refractivity contribution < 1.29 is 0 Å². The molecule has 0 spiro atoms. The number of nitrogens with two attached hydrogens (primary N) is 1. The molecule has 0 aromatic carbocycles. The van der Waals surface area contributed by atoms with Crippen LogP contribution in [0.1, 0.15) is 42.5 Å². The van der Waals surface area contributed by atoms with Gasteiger partial charge in [-0.1, -0.05) is 6.92 Å². The van der Waals surface area contributed by atoms with Gasteiger partial charge in [-0.2, -0.15) is 0 Å². The highest BCUT2D eigenvalue weighted by Crippen LogP contribution is 2.31. The highest BCUT2D eigenvalue weighted by molar-refractivity contribution is 7.11. The second-order valence-electron chi connectivity index (χ2n) is 4.72. The Kier molecular flexibility index (Phi) is 3.95. The van der Waals surface area contributed by atoms with Gasteiger partial charge in [-0.25, -0.2) is 4.98 Å². The van der Waals surface area contributed by atoms with Gasteiger partial charge in [0.1, 0.15) is 5.01 Å². The zero-order valence-electron chi connectivity index (χ0n) is 9.96. The summed E-state index contributed by atoms with van der Waals surface area (Å²) in [5.41, 5.74) is 6.30. The third-order valence-corrected chi connectivity index (χ3v) is 4.52. The Bertz CT molecular complexity index is 331. The van der Waals surface area contributed by atoms with E-state index < -0.39 is 0 Å².